The molecule has 0 radical (unpaired) electrons. The monoisotopic (exact) mass is 475 g/mol. The lowest BCUT2D eigenvalue weighted by atomic mass is 10.0. The van der Waals surface area contributed by atoms with Crippen molar-refractivity contribution in [2.45, 2.75) is 18.4 Å². The Labute approximate surface area is 188 Å². The molecule has 4 aromatic rings. The van der Waals surface area contributed by atoms with E-state index < -0.39 is 15.9 Å². The van der Waals surface area contributed by atoms with Gasteiger partial charge in [0.1, 0.15) is 10.5 Å². The highest BCUT2D eigenvalue weighted by atomic mass is 35.5. The van der Waals surface area contributed by atoms with Crippen LogP contribution in [0.15, 0.2) is 65.8 Å². The molecule has 31 heavy (non-hydrogen) atoms. The van der Waals surface area contributed by atoms with Crippen molar-refractivity contribution >= 4 is 50.0 Å². The van der Waals surface area contributed by atoms with Gasteiger partial charge in [-0.2, -0.15) is 13.5 Å². The molecule has 0 aliphatic carbocycles. The van der Waals surface area contributed by atoms with Crippen molar-refractivity contribution in [1.29, 1.82) is 0 Å². The third-order valence-electron chi connectivity index (χ3n) is 4.59. The molecule has 7 nitrogen and oxygen atoms in total. The summed E-state index contributed by atoms with van der Waals surface area (Å²) in [6.07, 6.45) is 2.86. The molecule has 10 heteroatoms. The van der Waals surface area contributed by atoms with Gasteiger partial charge in [-0.15, -0.1) is 0 Å². The van der Waals surface area contributed by atoms with Crippen LogP contribution in [0.25, 0.3) is 10.9 Å². The molecule has 0 amide bonds. The second-order valence-electron chi connectivity index (χ2n) is 6.49. The zero-order valence-electron chi connectivity index (χ0n) is 16.1. The maximum atomic E-state index is 13.4. The van der Waals surface area contributed by atoms with E-state index in [4.69, 9.17) is 27.4 Å². The van der Waals surface area contributed by atoms with Gasteiger partial charge in [0, 0.05) is 28.7 Å². The van der Waals surface area contributed by atoms with E-state index in [0.29, 0.717) is 33.1 Å². The van der Waals surface area contributed by atoms with Crippen molar-refractivity contribution in [2.75, 3.05) is 0 Å². The zero-order chi connectivity index (χ0) is 22.2. The van der Waals surface area contributed by atoms with Gasteiger partial charge in [-0.05, 0) is 49.4 Å². The highest BCUT2D eigenvalue weighted by Crippen LogP contribution is 2.30. The second-order valence-corrected chi connectivity index (χ2v) is 8.88. The second kappa shape index (κ2) is 8.30. The molecule has 0 saturated carbocycles. The number of carbonyl (C=O) groups excluding carboxylic acids is 1. The first-order valence-corrected chi connectivity index (χ1v) is 11.3. The standard InChI is InChI=1S/C21H15Cl2N3O4S/c1-2-26-21(30-31(28,29)14-7-5-13(22)6-8-14)17(12-25-26)20(27)16-9-10-18(23)19-15(16)4-3-11-24-19/h3-12H,2H2,1H3. The molecule has 2 heterocycles. The van der Waals surface area contributed by atoms with Crippen LogP contribution in [0, 0.1) is 0 Å². The quantitative estimate of drug-likeness (QED) is 0.295. The first kappa shape index (κ1) is 21.3. The lowest BCUT2D eigenvalue weighted by Gasteiger charge is -2.11. The van der Waals surface area contributed by atoms with Crippen LogP contribution in [0.4, 0.5) is 0 Å². The number of rotatable bonds is 6. The van der Waals surface area contributed by atoms with Crippen molar-refractivity contribution in [3.63, 3.8) is 0 Å². The summed E-state index contributed by atoms with van der Waals surface area (Å²) in [6, 6.07) is 12.1. The molecular weight excluding hydrogens is 461 g/mol. The van der Waals surface area contributed by atoms with Gasteiger partial charge in [0.2, 0.25) is 11.7 Å². The van der Waals surface area contributed by atoms with E-state index in [2.05, 4.69) is 10.1 Å². The zero-order valence-corrected chi connectivity index (χ0v) is 18.4. The van der Waals surface area contributed by atoms with Crippen LogP contribution in [0.5, 0.6) is 5.88 Å². The lowest BCUT2D eigenvalue weighted by Crippen LogP contribution is -2.15. The number of carbonyl (C=O) groups is 1. The van der Waals surface area contributed by atoms with Gasteiger partial charge in [0.05, 0.1) is 16.7 Å². The van der Waals surface area contributed by atoms with Crippen LogP contribution >= 0.6 is 23.2 Å². The van der Waals surface area contributed by atoms with Gasteiger partial charge in [-0.3, -0.25) is 9.78 Å². The van der Waals surface area contributed by atoms with Gasteiger partial charge in [0.15, 0.2) is 0 Å². The van der Waals surface area contributed by atoms with Crippen molar-refractivity contribution < 1.29 is 17.4 Å². The molecule has 0 saturated heterocycles. The SMILES string of the molecule is CCn1ncc(C(=O)c2ccc(Cl)c3ncccc23)c1OS(=O)(=O)c1ccc(Cl)cc1. The number of hydrogen-bond acceptors (Lipinski definition) is 6. The van der Waals surface area contributed by atoms with E-state index in [-0.39, 0.29) is 16.3 Å². The minimum absolute atomic E-state index is 0.00636. The number of aryl methyl sites for hydroxylation is 1. The van der Waals surface area contributed by atoms with Crippen LogP contribution in [0.3, 0.4) is 0 Å². The number of nitrogens with zero attached hydrogens (tertiary/aromatic N) is 3. The molecule has 0 fully saturated rings. The van der Waals surface area contributed by atoms with E-state index in [1.165, 1.54) is 35.1 Å². The Morgan fingerprint density at radius 1 is 1.06 bits per heavy atom. The Morgan fingerprint density at radius 3 is 2.52 bits per heavy atom. The summed E-state index contributed by atoms with van der Waals surface area (Å²) < 4.78 is 32.3. The fraction of sp³-hybridized carbons (Fsp3) is 0.0952. The van der Waals surface area contributed by atoms with Crippen LogP contribution in [0.1, 0.15) is 22.8 Å². The molecule has 158 valence electrons. The number of ketones is 1. The van der Waals surface area contributed by atoms with E-state index in [9.17, 15) is 13.2 Å². The third-order valence-corrected chi connectivity index (χ3v) is 6.38. The lowest BCUT2D eigenvalue weighted by molar-refractivity contribution is 0.103. The van der Waals surface area contributed by atoms with Crippen molar-refractivity contribution in [2.24, 2.45) is 0 Å². The average molecular weight is 476 g/mol. The maximum Gasteiger partial charge on any atom is 0.340 e. The van der Waals surface area contributed by atoms with E-state index in [0.717, 1.165) is 0 Å². The molecule has 2 aromatic carbocycles. The summed E-state index contributed by atoms with van der Waals surface area (Å²) >= 11 is 12.0. The van der Waals surface area contributed by atoms with E-state index >= 15 is 0 Å². The summed E-state index contributed by atoms with van der Waals surface area (Å²) in [4.78, 5) is 17.5. The van der Waals surface area contributed by atoms with Gasteiger partial charge < -0.3 is 4.18 Å². The normalized spacial score (nSPS) is 11.6. The molecule has 2 aromatic heterocycles. The molecule has 0 unspecified atom stereocenters. The number of pyridine rings is 1. The number of benzene rings is 2. The summed E-state index contributed by atoms with van der Waals surface area (Å²) in [5.74, 6) is -0.634. The number of fused-ring (bicyclic) bond motifs is 1. The third kappa shape index (κ3) is 4.01. The Bertz CT molecular complexity index is 1400. The minimum Gasteiger partial charge on any atom is -0.358 e. The van der Waals surface area contributed by atoms with Crippen LogP contribution in [-0.4, -0.2) is 29.0 Å². The Hall–Kier alpha value is -2.94. The van der Waals surface area contributed by atoms with Crippen molar-refractivity contribution in [3.05, 3.63) is 82.1 Å². The van der Waals surface area contributed by atoms with Gasteiger partial charge in [-0.25, -0.2) is 4.68 Å². The summed E-state index contributed by atoms with van der Waals surface area (Å²) in [7, 11) is -4.23. The van der Waals surface area contributed by atoms with Crippen LogP contribution in [0.2, 0.25) is 10.0 Å². The molecule has 4 rings (SSSR count). The molecule has 0 spiro atoms. The Morgan fingerprint density at radius 2 is 1.81 bits per heavy atom. The molecule has 0 aliphatic heterocycles. The summed E-state index contributed by atoms with van der Waals surface area (Å²) in [5, 5.41) is 5.44. The number of halogens is 2. The first-order chi connectivity index (χ1) is 14.8. The number of hydrogen-bond donors (Lipinski definition) is 0. The fourth-order valence-corrected chi connectivity index (χ4v) is 4.37. The molecule has 0 bridgehead atoms. The van der Waals surface area contributed by atoms with Gasteiger partial charge >= 0.3 is 10.1 Å². The maximum absolute atomic E-state index is 13.4. The Balaban J connectivity index is 1.80. The van der Waals surface area contributed by atoms with Crippen molar-refractivity contribution in [1.82, 2.24) is 14.8 Å². The van der Waals surface area contributed by atoms with Crippen LogP contribution < -0.4 is 4.18 Å². The fourth-order valence-electron chi connectivity index (χ4n) is 3.08. The summed E-state index contributed by atoms with van der Waals surface area (Å²) in [6.45, 7) is 2.05. The molecule has 0 aliphatic rings. The van der Waals surface area contributed by atoms with Gasteiger partial charge in [-0.1, -0.05) is 29.3 Å². The highest BCUT2D eigenvalue weighted by molar-refractivity contribution is 7.87. The molecular formula is C21H15Cl2N3O4S. The van der Waals surface area contributed by atoms with Gasteiger partial charge in [0.25, 0.3) is 0 Å². The van der Waals surface area contributed by atoms with E-state index in [1.807, 2.05) is 0 Å². The topological polar surface area (TPSA) is 91.2 Å². The predicted octanol–water partition coefficient (Wildman–Crippen LogP) is 4.76. The predicted molar refractivity (Wildman–Crippen MR) is 117 cm³/mol. The Kier molecular flexibility index (Phi) is 5.70. The molecule has 0 N–H and O–H groups in total. The largest absolute Gasteiger partial charge is 0.358 e. The van der Waals surface area contributed by atoms with E-state index in [1.54, 1.807) is 37.4 Å². The highest BCUT2D eigenvalue weighted by Gasteiger charge is 2.27. The molecule has 0 atom stereocenters. The minimum atomic E-state index is -4.23. The van der Waals surface area contributed by atoms with Crippen LogP contribution in [-0.2, 0) is 16.7 Å². The van der Waals surface area contributed by atoms with Crippen molar-refractivity contribution in [3.8, 4) is 5.88 Å². The number of aromatic nitrogens is 3. The smallest absolute Gasteiger partial charge is 0.340 e. The average Bonchev–Trinajstić information content (AvgIpc) is 3.16. The summed E-state index contributed by atoms with van der Waals surface area (Å²) in [5.41, 5.74) is 0.776. The first-order valence-electron chi connectivity index (χ1n) is 9.15.